The molecule has 1 aromatic heterocycles. The van der Waals surface area contributed by atoms with Crippen LogP contribution in [0.4, 0.5) is 4.79 Å². The van der Waals surface area contributed by atoms with Crippen LogP contribution in [0.1, 0.15) is 25.0 Å². The first-order valence-electron chi connectivity index (χ1n) is 12.8. The fourth-order valence-electron chi connectivity index (χ4n) is 4.58. The minimum Gasteiger partial charge on any atom is -0.465 e. The molecule has 0 saturated carbocycles. The summed E-state index contributed by atoms with van der Waals surface area (Å²) in [6, 6.07) is 22.9. The van der Waals surface area contributed by atoms with Crippen LogP contribution in [0.2, 0.25) is 0 Å². The van der Waals surface area contributed by atoms with Gasteiger partial charge < -0.3 is 20.1 Å². The number of amides is 1. The molecule has 3 N–H and O–H groups in total. The number of carbonyl (C=O) groups is 1. The molecule has 9 nitrogen and oxygen atoms in total. The number of hydrogen-bond acceptors (Lipinski definition) is 5. The number of nitrogens with zero attached hydrogens (tertiary/aromatic N) is 3. The average Bonchev–Trinajstić information content (AvgIpc) is 3.30. The van der Waals surface area contributed by atoms with E-state index in [1.165, 1.54) is 10.4 Å². The summed E-state index contributed by atoms with van der Waals surface area (Å²) in [5.41, 5.74) is 3.24. The molecule has 0 fully saturated rings. The van der Waals surface area contributed by atoms with Crippen molar-refractivity contribution in [3.63, 3.8) is 0 Å². The lowest BCUT2D eigenvalue weighted by Crippen LogP contribution is -2.50. The first kappa shape index (κ1) is 28.3. The Labute approximate surface area is 228 Å². The third-order valence-electron chi connectivity index (χ3n) is 6.46. The summed E-state index contributed by atoms with van der Waals surface area (Å²) in [4.78, 5) is 16.0. The molecule has 4 rings (SSSR count). The maximum Gasteiger partial charge on any atom is 0.404 e. The van der Waals surface area contributed by atoms with Gasteiger partial charge in [0, 0.05) is 19.6 Å². The quantitative estimate of drug-likeness (QED) is 0.245. The number of nitrogens with one attached hydrogen (secondary N) is 1. The molecule has 0 bridgehead atoms. The summed E-state index contributed by atoms with van der Waals surface area (Å²) in [5.74, 6) is -0.0284. The van der Waals surface area contributed by atoms with Crippen LogP contribution in [0.5, 0.6) is 0 Å². The van der Waals surface area contributed by atoms with Crippen LogP contribution in [0.15, 0.2) is 90.1 Å². The van der Waals surface area contributed by atoms with E-state index in [0.717, 1.165) is 11.1 Å². The van der Waals surface area contributed by atoms with Crippen LogP contribution in [-0.4, -0.2) is 63.8 Å². The zero-order valence-electron chi connectivity index (χ0n) is 22.0. The molecule has 39 heavy (non-hydrogen) atoms. The van der Waals surface area contributed by atoms with E-state index in [0.29, 0.717) is 17.6 Å². The van der Waals surface area contributed by atoms with Gasteiger partial charge in [0.25, 0.3) is 0 Å². The number of carboxylic acid groups (broad SMARTS) is 1. The highest BCUT2D eigenvalue weighted by Gasteiger charge is 2.31. The summed E-state index contributed by atoms with van der Waals surface area (Å²) in [5, 5.41) is 22.9. The Morgan fingerprint density at radius 3 is 2.23 bits per heavy atom. The van der Waals surface area contributed by atoms with E-state index >= 15 is 0 Å². The van der Waals surface area contributed by atoms with Gasteiger partial charge in [-0.1, -0.05) is 74.5 Å². The number of rotatable bonds is 12. The summed E-state index contributed by atoms with van der Waals surface area (Å²) in [6.45, 7) is 4.22. The lowest BCUT2D eigenvalue weighted by Gasteiger charge is -2.30. The van der Waals surface area contributed by atoms with E-state index in [-0.39, 0.29) is 30.3 Å². The summed E-state index contributed by atoms with van der Waals surface area (Å²) < 4.78 is 30.9. The van der Waals surface area contributed by atoms with Crippen LogP contribution in [-0.2, 0) is 23.0 Å². The SMILES string of the molecule is CC(C)CN(C[C@@H](O)[C@H](Cc1ccccc1)NC(=O)O)S(=O)(=O)c1ccc2ncn(Cc3ccccc3)c2c1. The second-order valence-electron chi connectivity index (χ2n) is 10.0. The number of fused-ring (bicyclic) bond motifs is 1. The highest BCUT2D eigenvalue weighted by Crippen LogP contribution is 2.24. The van der Waals surface area contributed by atoms with E-state index in [1.54, 1.807) is 18.5 Å². The van der Waals surface area contributed by atoms with Crippen molar-refractivity contribution in [3.05, 3.63) is 96.3 Å². The molecule has 1 heterocycles. The fraction of sp³-hybridized carbons (Fsp3) is 0.310. The van der Waals surface area contributed by atoms with Crippen molar-refractivity contribution >= 4 is 27.1 Å². The molecule has 10 heteroatoms. The molecule has 0 radical (unpaired) electrons. The number of aliphatic hydroxyl groups excluding tert-OH is 1. The lowest BCUT2D eigenvalue weighted by atomic mass is 10.0. The van der Waals surface area contributed by atoms with Gasteiger partial charge in [-0.05, 0) is 41.7 Å². The lowest BCUT2D eigenvalue weighted by molar-refractivity contribution is 0.0980. The van der Waals surface area contributed by atoms with Crippen LogP contribution < -0.4 is 5.32 Å². The normalized spacial score (nSPS) is 13.6. The molecule has 2 atom stereocenters. The van der Waals surface area contributed by atoms with Crippen molar-refractivity contribution in [1.29, 1.82) is 0 Å². The topological polar surface area (TPSA) is 125 Å². The Hall–Kier alpha value is -3.73. The minimum atomic E-state index is -4.03. The van der Waals surface area contributed by atoms with Crippen molar-refractivity contribution in [2.24, 2.45) is 5.92 Å². The minimum absolute atomic E-state index is 0.0284. The van der Waals surface area contributed by atoms with Crippen molar-refractivity contribution < 1.29 is 23.4 Å². The van der Waals surface area contributed by atoms with Crippen molar-refractivity contribution in [1.82, 2.24) is 19.2 Å². The maximum absolute atomic E-state index is 13.9. The van der Waals surface area contributed by atoms with Crippen molar-refractivity contribution in [2.45, 2.75) is 43.9 Å². The second-order valence-corrected chi connectivity index (χ2v) is 12.0. The number of imidazole rings is 1. The van der Waals surface area contributed by atoms with Crippen molar-refractivity contribution in [2.75, 3.05) is 13.1 Å². The zero-order chi connectivity index (χ0) is 28.0. The van der Waals surface area contributed by atoms with Gasteiger partial charge in [-0.15, -0.1) is 0 Å². The third kappa shape index (κ3) is 7.23. The summed E-state index contributed by atoms with van der Waals surface area (Å²) in [7, 11) is -4.03. The predicted octanol–water partition coefficient (Wildman–Crippen LogP) is 3.97. The Balaban J connectivity index is 1.62. The zero-order valence-corrected chi connectivity index (χ0v) is 22.8. The van der Waals surface area contributed by atoms with Gasteiger partial charge in [-0.3, -0.25) is 0 Å². The number of aromatic nitrogens is 2. The first-order chi connectivity index (χ1) is 18.6. The molecular formula is C29H34N4O5S. The number of hydrogen-bond donors (Lipinski definition) is 3. The molecule has 206 valence electrons. The Morgan fingerprint density at radius 1 is 0.974 bits per heavy atom. The van der Waals surface area contributed by atoms with Crippen LogP contribution >= 0.6 is 0 Å². The maximum atomic E-state index is 13.9. The largest absolute Gasteiger partial charge is 0.465 e. The van der Waals surface area contributed by atoms with E-state index in [4.69, 9.17) is 0 Å². The van der Waals surface area contributed by atoms with Crippen molar-refractivity contribution in [3.8, 4) is 0 Å². The van der Waals surface area contributed by atoms with Gasteiger partial charge in [0.2, 0.25) is 10.0 Å². The van der Waals surface area contributed by atoms with Gasteiger partial charge in [0.05, 0.1) is 34.4 Å². The fourth-order valence-corrected chi connectivity index (χ4v) is 6.22. The average molecular weight is 551 g/mol. The highest BCUT2D eigenvalue weighted by atomic mass is 32.2. The van der Waals surface area contributed by atoms with E-state index in [2.05, 4.69) is 10.3 Å². The standard InChI is InChI=1S/C29H34N4O5S/c1-21(2)17-33(19-28(34)26(31-29(35)36)15-22-9-5-3-6-10-22)39(37,38)24-13-14-25-27(16-24)32(20-30-25)18-23-11-7-4-8-12-23/h3-14,16,20-21,26,28,31,34H,15,17-19H2,1-2H3,(H,35,36)/t26-,28+/m0/s1. The molecule has 0 saturated heterocycles. The number of benzene rings is 3. The van der Waals surface area contributed by atoms with E-state index < -0.39 is 28.3 Å². The van der Waals surface area contributed by atoms with Crippen LogP contribution in [0.3, 0.4) is 0 Å². The van der Waals surface area contributed by atoms with Crippen LogP contribution in [0, 0.1) is 5.92 Å². The summed E-state index contributed by atoms with van der Waals surface area (Å²) >= 11 is 0. The molecular weight excluding hydrogens is 516 g/mol. The van der Waals surface area contributed by atoms with Gasteiger partial charge in [0.15, 0.2) is 0 Å². The summed E-state index contributed by atoms with van der Waals surface area (Å²) in [6.07, 6.45) is -0.656. The highest BCUT2D eigenvalue weighted by molar-refractivity contribution is 7.89. The molecule has 0 aliphatic heterocycles. The number of aliphatic hydroxyl groups is 1. The predicted molar refractivity (Wildman–Crippen MR) is 150 cm³/mol. The van der Waals surface area contributed by atoms with Gasteiger partial charge in [0.1, 0.15) is 0 Å². The van der Waals surface area contributed by atoms with Gasteiger partial charge in [-0.2, -0.15) is 4.31 Å². The monoisotopic (exact) mass is 550 g/mol. The molecule has 0 aliphatic rings. The molecule has 1 amide bonds. The third-order valence-corrected chi connectivity index (χ3v) is 8.28. The Kier molecular flexibility index (Phi) is 9.01. The first-order valence-corrected chi connectivity index (χ1v) is 14.3. The molecule has 0 unspecified atom stereocenters. The van der Waals surface area contributed by atoms with E-state index in [9.17, 15) is 23.4 Å². The van der Waals surface area contributed by atoms with Crippen LogP contribution in [0.25, 0.3) is 11.0 Å². The Bertz CT molecular complexity index is 1490. The molecule has 3 aromatic carbocycles. The van der Waals surface area contributed by atoms with Gasteiger partial charge in [-0.25, -0.2) is 18.2 Å². The number of sulfonamides is 1. The van der Waals surface area contributed by atoms with E-state index in [1.807, 2.05) is 79.1 Å². The van der Waals surface area contributed by atoms with Gasteiger partial charge >= 0.3 is 6.09 Å². The molecule has 0 aliphatic carbocycles. The molecule has 4 aromatic rings. The smallest absolute Gasteiger partial charge is 0.404 e. The Morgan fingerprint density at radius 2 is 1.62 bits per heavy atom. The molecule has 0 spiro atoms. The second kappa shape index (κ2) is 12.4.